The van der Waals surface area contributed by atoms with Gasteiger partial charge in [-0.15, -0.1) is 11.3 Å². The van der Waals surface area contributed by atoms with E-state index in [1.165, 1.54) is 68.8 Å². The van der Waals surface area contributed by atoms with Crippen molar-refractivity contribution in [3.05, 3.63) is 176 Å². The Balaban J connectivity index is 1.14. The van der Waals surface area contributed by atoms with Crippen LogP contribution in [0.25, 0.3) is 109 Å². The highest BCUT2D eigenvalue weighted by molar-refractivity contribution is 7.26. The number of hydrogen-bond acceptors (Lipinski definition) is 4. The molecule has 2 heterocycles. The first-order chi connectivity index (χ1) is 26.3. The molecule has 0 amide bonds. The Hall–Kier alpha value is -6.75. The van der Waals surface area contributed by atoms with E-state index in [0.29, 0.717) is 17.5 Å². The standard InChI is InChI=1S/C49H29N3S/c1-2-13-32(14-3-1)47-50-48(52-49(51-47)41-22-11-21-40-39-20-8-9-23-44(39)53-46(40)41)34-16-10-15-33(28-34)42-29-43-38(36-18-6-7-19-37(36)42)27-26-31-25-24-30-12-4-5-17-35(30)45(31)43/h1-29H. The molecule has 9 aromatic carbocycles. The summed E-state index contributed by atoms with van der Waals surface area (Å²) in [6.45, 7) is 0. The zero-order valence-corrected chi connectivity index (χ0v) is 29.3. The molecule has 0 aliphatic heterocycles. The van der Waals surface area contributed by atoms with Gasteiger partial charge in [-0.2, -0.15) is 0 Å². The van der Waals surface area contributed by atoms with Crippen molar-refractivity contribution in [2.75, 3.05) is 0 Å². The molecule has 0 bridgehead atoms. The van der Waals surface area contributed by atoms with Gasteiger partial charge in [-0.05, 0) is 78.5 Å². The van der Waals surface area contributed by atoms with Crippen molar-refractivity contribution in [3.8, 4) is 45.3 Å². The summed E-state index contributed by atoms with van der Waals surface area (Å²) in [4.78, 5) is 15.5. The van der Waals surface area contributed by atoms with Gasteiger partial charge in [-0.1, -0.05) is 152 Å². The smallest absolute Gasteiger partial charge is 0.165 e. The molecule has 0 radical (unpaired) electrons. The molecule has 246 valence electrons. The number of thiophene rings is 1. The molecular formula is C49H29N3S. The minimum absolute atomic E-state index is 0.648. The first-order valence-electron chi connectivity index (χ1n) is 17.9. The van der Waals surface area contributed by atoms with Crippen molar-refractivity contribution >= 4 is 74.6 Å². The number of fused-ring (bicyclic) bond motifs is 10. The fourth-order valence-electron chi connectivity index (χ4n) is 8.01. The SMILES string of the molecule is c1ccc(-c2nc(-c3cccc(-c4cc5c(ccc6ccc7ccccc7c65)c5ccccc45)c3)nc(-c3cccc4c3sc3ccccc34)n2)cc1. The Labute approximate surface area is 309 Å². The monoisotopic (exact) mass is 691 g/mol. The molecule has 0 spiro atoms. The van der Waals surface area contributed by atoms with Crippen LogP contribution >= 0.6 is 11.3 Å². The largest absolute Gasteiger partial charge is 0.208 e. The van der Waals surface area contributed by atoms with Gasteiger partial charge in [-0.3, -0.25) is 0 Å². The highest BCUT2D eigenvalue weighted by atomic mass is 32.1. The van der Waals surface area contributed by atoms with E-state index in [2.05, 4.69) is 158 Å². The van der Waals surface area contributed by atoms with Crippen LogP contribution in [0.5, 0.6) is 0 Å². The second kappa shape index (κ2) is 11.9. The predicted octanol–water partition coefficient (Wildman–Crippen LogP) is 13.5. The zero-order chi connectivity index (χ0) is 34.9. The molecule has 0 fully saturated rings. The van der Waals surface area contributed by atoms with E-state index in [0.717, 1.165) is 22.3 Å². The summed E-state index contributed by atoms with van der Waals surface area (Å²) in [6, 6.07) is 62.8. The second-order valence-electron chi connectivity index (χ2n) is 13.5. The van der Waals surface area contributed by atoms with Gasteiger partial charge in [0, 0.05) is 36.9 Å². The van der Waals surface area contributed by atoms with Crippen LogP contribution in [0, 0.1) is 0 Å². The van der Waals surface area contributed by atoms with E-state index in [-0.39, 0.29) is 0 Å². The fourth-order valence-corrected chi connectivity index (χ4v) is 9.23. The van der Waals surface area contributed by atoms with E-state index >= 15 is 0 Å². The van der Waals surface area contributed by atoms with Gasteiger partial charge in [0.1, 0.15) is 0 Å². The van der Waals surface area contributed by atoms with Crippen LogP contribution in [0.4, 0.5) is 0 Å². The second-order valence-corrected chi connectivity index (χ2v) is 14.6. The van der Waals surface area contributed by atoms with Gasteiger partial charge in [0.15, 0.2) is 17.5 Å². The first kappa shape index (κ1) is 29.9. The molecule has 4 heteroatoms. The highest BCUT2D eigenvalue weighted by Gasteiger charge is 2.18. The van der Waals surface area contributed by atoms with Crippen molar-refractivity contribution in [2.45, 2.75) is 0 Å². The van der Waals surface area contributed by atoms with Crippen LogP contribution < -0.4 is 0 Å². The van der Waals surface area contributed by atoms with Crippen LogP contribution in [0.15, 0.2) is 176 Å². The molecule has 3 nitrogen and oxygen atoms in total. The van der Waals surface area contributed by atoms with Gasteiger partial charge in [0.05, 0.1) is 0 Å². The van der Waals surface area contributed by atoms with Gasteiger partial charge in [0.25, 0.3) is 0 Å². The van der Waals surface area contributed by atoms with Crippen molar-refractivity contribution in [2.24, 2.45) is 0 Å². The van der Waals surface area contributed by atoms with Gasteiger partial charge < -0.3 is 0 Å². The third-order valence-corrected chi connectivity index (χ3v) is 11.7. The number of aromatic nitrogens is 3. The number of hydrogen-bond donors (Lipinski definition) is 0. The average molecular weight is 692 g/mol. The molecule has 0 saturated heterocycles. The fraction of sp³-hybridized carbons (Fsp3) is 0. The number of rotatable bonds is 4. The van der Waals surface area contributed by atoms with E-state index < -0.39 is 0 Å². The van der Waals surface area contributed by atoms with Gasteiger partial charge in [-0.25, -0.2) is 15.0 Å². The van der Waals surface area contributed by atoms with Crippen LogP contribution in [-0.4, -0.2) is 15.0 Å². The summed E-state index contributed by atoms with van der Waals surface area (Å²) < 4.78 is 2.43. The zero-order valence-electron chi connectivity index (χ0n) is 28.5. The molecule has 0 unspecified atom stereocenters. The van der Waals surface area contributed by atoms with E-state index in [9.17, 15) is 0 Å². The van der Waals surface area contributed by atoms with E-state index in [4.69, 9.17) is 15.0 Å². The van der Waals surface area contributed by atoms with Crippen LogP contribution in [0.3, 0.4) is 0 Å². The minimum atomic E-state index is 0.648. The normalized spacial score (nSPS) is 11.8. The molecule has 53 heavy (non-hydrogen) atoms. The Morgan fingerprint density at radius 2 is 0.925 bits per heavy atom. The number of nitrogens with zero attached hydrogens (tertiary/aromatic N) is 3. The third kappa shape index (κ3) is 4.84. The molecule has 0 atom stereocenters. The Morgan fingerprint density at radius 1 is 0.321 bits per heavy atom. The van der Waals surface area contributed by atoms with Crippen molar-refractivity contribution in [3.63, 3.8) is 0 Å². The predicted molar refractivity (Wildman–Crippen MR) is 224 cm³/mol. The molecule has 0 aliphatic rings. The van der Waals surface area contributed by atoms with E-state index in [1.807, 2.05) is 18.2 Å². The Kier molecular flexibility index (Phi) is 6.73. The van der Waals surface area contributed by atoms with E-state index in [1.54, 1.807) is 11.3 Å². The molecule has 11 aromatic rings. The molecule has 0 saturated carbocycles. The Morgan fingerprint density at radius 3 is 1.81 bits per heavy atom. The van der Waals surface area contributed by atoms with Crippen LogP contribution in [-0.2, 0) is 0 Å². The minimum Gasteiger partial charge on any atom is -0.208 e. The maximum absolute atomic E-state index is 5.23. The topological polar surface area (TPSA) is 38.7 Å². The van der Waals surface area contributed by atoms with Crippen LogP contribution in [0.1, 0.15) is 0 Å². The van der Waals surface area contributed by atoms with Crippen molar-refractivity contribution in [1.82, 2.24) is 15.0 Å². The summed E-state index contributed by atoms with van der Waals surface area (Å²) in [7, 11) is 0. The first-order valence-corrected chi connectivity index (χ1v) is 18.7. The van der Waals surface area contributed by atoms with Crippen LogP contribution in [0.2, 0.25) is 0 Å². The summed E-state index contributed by atoms with van der Waals surface area (Å²) in [5.74, 6) is 1.98. The Bertz CT molecular complexity index is 3240. The van der Waals surface area contributed by atoms with Gasteiger partial charge in [0.2, 0.25) is 0 Å². The van der Waals surface area contributed by atoms with Crippen molar-refractivity contribution < 1.29 is 0 Å². The maximum atomic E-state index is 5.23. The molecule has 0 aliphatic carbocycles. The molecule has 0 N–H and O–H groups in total. The lowest BCUT2D eigenvalue weighted by Gasteiger charge is -2.15. The molecular weight excluding hydrogens is 663 g/mol. The highest BCUT2D eigenvalue weighted by Crippen LogP contribution is 2.42. The number of benzene rings is 9. The van der Waals surface area contributed by atoms with Gasteiger partial charge >= 0.3 is 0 Å². The summed E-state index contributed by atoms with van der Waals surface area (Å²) in [5, 5.41) is 12.5. The average Bonchev–Trinajstić information content (AvgIpc) is 3.62. The molecule has 11 rings (SSSR count). The maximum Gasteiger partial charge on any atom is 0.165 e. The quantitative estimate of drug-likeness (QED) is 0.172. The molecule has 2 aromatic heterocycles. The lowest BCUT2D eigenvalue weighted by Crippen LogP contribution is -2.00. The summed E-state index contributed by atoms with van der Waals surface area (Å²) in [6.07, 6.45) is 0. The third-order valence-electron chi connectivity index (χ3n) is 10.5. The summed E-state index contributed by atoms with van der Waals surface area (Å²) in [5.41, 5.74) is 5.21. The summed E-state index contributed by atoms with van der Waals surface area (Å²) >= 11 is 1.79. The lowest BCUT2D eigenvalue weighted by atomic mass is 9.89. The van der Waals surface area contributed by atoms with Crippen molar-refractivity contribution in [1.29, 1.82) is 0 Å². The lowest BCUT2D eigenvalue weighted by molar-refractivity contribution is 1.08.